The van der Waals surface area contributed by atoms with E-state index >= 15 is 0 Å². The SMILES string of the molecule is CCOc1ccc(C(C)=O)cc1CSc1nnc(C)o1. The standard InChI is InChI=1S/C14H16N2O3S/c1-4-18-13-6-5-11(9(2)17)7-12(13)8-20-14-16-15-10(3)19-14/h5-7H,4,8H2,1-3H3. The first-order valence-electron chi connectivity index (χ1n) is 6.29. The average molecular weight is 292 g/mol. The Morgan fingerprint density at radius 1 is 1.40 bits per heavy atom. The minimum Gasteiger partial charge on any atom is -0.494 e. The number of aryl methyl sites for hydroxylation is 1. The van der Waals surface area contributed by atoms with E-state index in [1.807, 2.05) is 19.1 Å². The Hall–Kier alpha value is -1.82. The van der Waals surface area contributed by atoms with E-state index in [1.165, 1.54) is 11.8 Å². The quantitative estimate of drug-likeness (QED) is 0.601. The van der Waals surface area contributed by atoms with Gasteiger partial charge in [-0.3, -0.25) is 4.79 Å². The van der Waals surface area contributed by atoms with Gasteiger partial charge >= 0.3 is 0 Å². The molecule has 0 unspecified atom stereocenters. The molecule has 0 radical (unpaired) electrons. The van der Waals surface area contributed by atoms with Crippen LogP contribution >= 0.6 is 11.8 Å². The molecule has 1 aromatic carbocycles. The first-order valence-corrected chi connectivity index (χ1v) is 7.28. The second-order valence-corrected chi connectivity index (χ2v) is 5.11. The molecule has 0 aliphatic carbocycles. The van der Waals surface area contributed by atoms with Crippen molar-refractivity contribution in [2.24, 2.45) is 0 Å². The molecule has 0 amide bonds. The molecular weight excluding hydrogens is 276 g/mol. The summed E-state index contributed by atoms with van der Waals surface area (Å²) in [7, 11) is 0. The van der Waals surface area contributed by atoms with Gasteiger partial charge in [-0.2, -0.15) is 0 Å². The molecule has 0 spiro atoms. The maximum absolute atomic E-state index is 11.5. The fourth-order valence-corrected chi connectivity index (χ4v) is 2.47. The van der Waals surface area contributed by atoms with Crippen LogP contribution in [0.3, 0.4) is 0 Å². The summed E-state index contributed by atoms with van der Waals surface area (Å²) in [6.45, 7) is 5.81. The van der Waals surface area contributed by atoms with Crippen LogP contribution in [0.5, 0.6) is 5.75 Å². The Labute approximate surface area is 121 Å². The van der Waals surface area contributed by atoms with E-state index in [9.17, 15) is 4.79 Å². The summed E-state index contributed by atoms with van der Waals surface area (Å²) in [5.41, 5.74) is 1.62. The van der Waals surface area contributed by atoms with Crippen molar-refractivity contribution in [3.8, 4) is 5.75 Å². The van der Waals surface area contributed by atoms with Crippen LogP contribution in [0.1, 0.15) is 35.7 Å². The summed E-state index contributed by atoms with van der Waals surface area (Å²) in [5.74, 6) is 1.96. The van der Waals surface area contributed by atoms with Gasteiger partial charge in [-0.25, -0.2) is 0 Å². The summed E-state index contributed by atoms with van der Waals surface area (Å²) < 4.78 is 10.9. The van der Waals surface area contributed by atoms with Crippen molar-refractivity contribution in [1.82, 2.24) is 10.2 Å². The molecule has 2 aromatic rings. The third-order valence-electron chi connectivity index (χ3n) is 2.63. The molecule has 0 saturated carbocycles. The number of carbonyl (C=O) groups excluding carboxylic acids is 1. The molecular formula is C14H16N2O3S. The smallest absolute Gasteiger partial charge is 0.276 e. The third kappa shape index (κ3) is 3.60. The van der Waals surface area contributed by atoms with E-state index in [1.54, 1.807) is 19.9 Å². The van der Waals surface area contributed by atoms with E-state index in [-0.39, 0.29) is 5.78 Å². The van der Waals surface area contributed by atoms with Crippen molar-refractivity contribution >= 4 is 17.5 Å². The molecule has 0 saturated heterocycles. The molecule has 0 fully saturated rings. The third-order valence-corrected chi connectivity index (χ3v) is 3.49. The molecule has 0 N–H and O–H groups in total. The van der Waals surface area contributed by atoms with Crippen LogP contribution in [-0.4, -0.2) is 22.6 Å². The lowest BCUT2D eigenvalue weighted by molar-refractivity contribution is 0.101. The van der Waals surface area contributed by atoms with Gasteiger partial charge in [0.1, 0.15) is 5.75 Å². The molecule has 0 aliphatic rings. The lowest BCUT2D eigenvalue weighted by Gasteiger charge is -2.10. The zero-order chi connectivity index (χ0) is 14.5. The van der Waals surface area contributed by atoms with Gasteiger partial charge in [-0.15, -0.1) is 10.2 Å². The van der Waals surface area contributed by atoms with E-state index in [0.29, 0.717) is 29.0 Å². The summed E-state index contributed by atoms with van der Waals surface area (Å²) in [6, 6.07) is 5.46. The van der Waals surface area contributed by atoms with Crippen LogP contribution in [0.4, 0.5) is 0 Å². The first kappa shape index (κ1) is 14.6. The number of nitrogens with zero attached hydrogens (tertiary/aromatic N) is 2. The van der Waals surface area contributed by atoms with Gasteiger partial charge in [-0.1, -0.05) is 11.8 Å². The van der Waals surface area contributed by atoms with E-state index < -0.39 is 0 Å². The number of ketones is 1. The minimum absolute atomic E-state index is 0.0351. The Morgan fingerprint density at radius 2 is 2.20 bits per heavy atom. The Morgan fingerprint density at radius 3 is 2.80 bits per heavy atom. The molecule has 6 heteroatoms. The summed E-state index contributed by atoms with van der Waals surface area (Å²) >= 11 is 1.42. The van der Waals surface area contributed by atoms with Crippen LogP contribution in [0.25, 0.3) is 0 Å². The van der Waals surface area contributed by atoms with Gasteiger partial charge in [0, 0.05) is 23.8 Å². The second kappa shape index (κ2) is 6.56. The molecule has 0 bridgehead atoms. The van der Waals surface area contributed by atoms with Crippen LogP contribution in [-0.2, 0) is 5.75 Å². The molecule has 20 heavy (non-hydrogen) atoms. The number of hydrogen-bond acceptors (Lipinski definition) is 6. The van der Waals surface area contributed by atoms with Crippen LogP contribution in [0.15, 0.2) is 27.8 Å². The monoisotopic (exact) mass is 292 g/mol. The topological polar surface area (TPSA) is 65.2 Å². The fraction of sp³-hybridized carbons (Fsp3) is 0.357. The maximum atomic E-state index is 11.5. The van der Waals surface area contributed by atoms with E-state index in [4.69, 9.17) is 9.15 Å². The number of carbonyl (C=O) groups is 1. The largest absolute Gasteiger partial charge is 0.494 e. The molecule has 1 heterocycles. The number of rotatable bonds is 6. The van der Waals surface area contributed by atoms with Crippen molar-refractivity contribution in [3.63, 3.8) is 0 Å². The van der Waals surface area contributed by atoms with E-state index in [2.05, 4.69) is 10.2 Å². The van der Waals surface area contributed by atoms with Gasteiger partial charge in [-0.05, 0) is 32.0 Å². The zero-order valence-electron chi connectivity index (χ0n) is 11.7. The van der Waals surface area contributed by atoms with Crippen molar-refractivity contribution in [1.29, 1.82) is 0 Å². The highest BCUT2D eigenvalue weighted by molar-refractivity contribution is 7.98. The van der Waals surface area contributed by atoms with Gasteiger partial charge in [0.25, 0.3) is 5.22 Å². The van der Waals surface area contributed by atoms with Gasteiger partial charge < -0.3 is 9.15 Å². The summed E-state index contributed by atoms with van der Waals surface area (Å²) in [4.78, 5) is 11.5. The van der Waals surface area contributed by atoms with Crippen LogP contribution in [0, 0.1) is 6.92 Å². The predicted octanol–water partition coefficient (Wildman–Crippen LogP) is 3.27. The predicted molar refractivity (Wildman–Crippen MR) is 76.2 cm³/mol. The number of ether oxygens (including phenoxy) is 1. The lowest BCUT2D eigenvalue weighted by Crippen LogP contribution is -1.99. The summed E-state index contributed by atoms with van der Waals surface area (Å²) in [6.07, 6.45) is 0. The van der Waals surface area contributed by atoms with Gasteiger partial charge in [0.2, 0.25) is 5.89 Å². The normalized spacial score (nSPS) is 10.6. The highest BCUT2D eigenvalue weighted by Gasteiger charge is 2.10. The molecule has 0 atom stereocenters. The van der Waals surface area contributed by atoms with Crippen LogP contribution in [0.2, 0.25) is 0 Å². The average Bonchev–Trinajstić information content (AvgIpc) is 2.83. The fourth-order valence-electron chi connectivity index (χ4n) is 1.68. The Balaban J connectivity index is 2.18. The van der Waals surface area contributed by atoms with Crippen molar-refractivity contribution in [2.45, 2.75) is 31.7 Å². The Kier molecular flexibility index (Phi) is 4.79. The number of hydrogen-bond donors (Lipinski definition) is 0. The second-order valence-electron chi connectivity index (χ2n) is 4.19. The van der Waals surface area contributed by atoms with Gasteiger partial charge in [0.05, 0.1) is 6.61 Å². The number of aromatic nitrogens is 2. The van der Waals surface area contributed by atoms with Gasteiger partial charge in [0.15, 0.2) is 5.78 Å². The number of Topliss-reactive ketones (excluding diaryl/α,β-unsaturated/α-hetero) is 1. The number of benzene rings is 1. The zero-order valence-corrected chi connectivity index (χ0v) is 12.5. The Bertz CT molecular complexity index is 610. The molecule has 0 aliphatic heterocycles. The van der Waals surface area contributed by atoms with E-state index in [0.717, 1.165) is 11.3 Å². The molecule has 5 nitrogen and oxygen atoms in total. The highest BCUT2D eigenvalue weighted by Crippen LogP contribution is 2.28. The van der Waals surface area contributed by atoms with Crippen LogP contribution < -0.4 is 4.74 Å². The summed E-state index contributed by atoms with van der Waals surface area (Å²) in [5, 5.41) is 8.23. The first-order chi connectivity index (χ1) is 9.60. The molecule has 1 aromatic heterocycles. The lowest BCUT2D eigenvalue weighted by atomic mass is 10.1. The minimum atomic E-state index is 0.0351. The number of thioether (sulfide) groups is 1. The highest BCUT2D eigenvalue weighted by atomic mass is 32.2. The molecule has 106 valence electrons. The maximum Gasteiger partial charge on any atom is 0.276 e. The van der Waals surface area contributed by atoms with Crippen molar-refractivity contribution < 1.29 is 13.9 Å². The van der Waals surface area contributed by atoms with Crippen molar-refractivity contribution in [2.75, 3.05) is 6.61 Å². The van der Waals surface area contributed by atoms with Crippen molar-refractivity contribution in [3.05, 3.63) is 35.2 Å². The molecule has 2 rings (SSSR count).